The molecule has 0 aromatic heterocycles. The van der Waals surface area contributed by atoms with Crippen LogP contribution in [0.2, 0.25) is 0 Å². The Morgan fingerprint density at radius 1 is 1.07 bits per heavy atom. The Kier molecular flexibility index (Phi) is 6.55. The van der Waals surface area contributed by atoms with Crippen molar-refractivity contribution < 1.29 is 14.4 Å². The predicted molar refractivity (Wildman–Crippen MR) is 117 cm³/mol. The molecule has 0 unspecified atom stereocenters. The van der Waals surface area contributed by atoms with Gasteiger partial charge in [0, 0.05) is 32.2 Å². The second-order valence-electron chi connectivity index (χ2n) is 8.22. The Morgan fingerprint density at radius 3 is 2.43 bits per heavy atom. The van der Waals surface area contributed by atoms with E-state index < -0.39 is 5.92 Å². The highest BCUT2D eigenvalue weighted by atomic mass is 16.2. The number of nitrogens with zero attached hydrogens (tertiary/aromatic N) is 2. The second kappa shape index (κ2) is 9.11. The molecule has 0 saturated carbocycles. The van der Waals surface area contributed by atoms with Gasteiger partial charge in [-0.2, -0.15) is 0 Å². The van der Waals surface area contributed by atoms with Crippen LogP contribution in [-0.4, -0.2) is 47.7 Å². The summed E-state index contributed by atoms with van der Waals surface area (Å²) in [6.07, 6.45) is 0.188. The molecule has 1 atom stereocenters. The van der Waals surface area contributed by atoms with Crippen LogP contribution in [0.4, 0.5) is 5.69 Å². The van der Waals surface area contributed by atoms with Gasteiger partial charge in [0.2, 0.25) is 17.7 Å². The standard InChI is InChI=1S/C24H29N3O3/c1-16-6-9-19(10-7-16)13-27-14-20(12-23(27)29)24(30)26(4)15-22(28)25-21-11-17(2)5-8-18(21)3/h5-11,20H,12-15H2,1-4H3,(H,25,28)/t20-/m1/s1. The number of anilines is 1. The molecule has 0 bridgehead atoms. The molecule has 1 aliphatic rings. The van der Waals surface area contributed by atoms with Crippen molar-refractivity contribution in [3.63, 3.8) is 0 Å². The van der Waals surface area contributed by atoms with E-state index in [1.54, 1.807) is 11.9 Å². The first kappa shape index (κ1) is 21.6. The molecule has 3 amide bonds. The lowest BCUT2D eigenvalue weighted by molar-refractivity contribution is -0.137. The summed E-state index contributed by atoms with van der Waals surface area (Å²) in [5.41, 5.74) is 4.99. The van der Waals surface area contributed by atoms with Gasteiger partial charge in [-0.15, -0.1) is 0 Å². The Balaban J connectivity index is 1.55. The number of likely N-dealkylation sites (tertiary alicyclic amines) is 1. The third-order valence-corrected chi connectivity index (χ3v) is 5.48. The molecule has 1 aliphatic heterocycles. The zero-order valence-electron chi connectivity index (χ0n) is 18.1. The minimum atomic E-state index is -0.415. The fourth-order valence-electron chi connectivity index (χ4n) is 3.67. The van der Waals surface area contributed by atoms with E-state index in [-0.39, 0.29) is 30.7 Å². The molecule has 158 valence electrons. The van der Waals surface area contributed by atoms with Gasteiger partial charge < -0.3 is 15.1 Å². The predicted octanol–water partition coefficient (Wildman–Crippen LogP) is 3.06. The van der Waals surface area contributed by atoms with Crippen LogP contribution in [0, 0.1) is 26.7 Å². The van der Waals surface area contributed by atoms with Gasteiger partial charge in [0.1, 0.15) is 0 Å². The SMILES string of the molecule is Cc1ccc(CN2C[C@H](C(=O)N(C)CC(=O)Nc3cc(C)ccc3C)CC2=O)cc1. The molecule has 0 aliphatic carbocycles. The highest BCUT2D eigenvalue weighted by Crippen LogP contribution is 2.22. The van der Waals surface area contributed by atoms with Gasteiger partial charge in [-0.25, -0.2) is 0 Å². The normalized spacial score (nSPS) is 15.9. The van der Waals surface area contributed by atoms with Crippen molar-refractivity contribution in [3.8, 4) is 0 Å². The van der Waals surface area contributed by atoms with Gasteiger partial charge in [-0.05, 0) is 43.5 Å². The van der Waals surface area contributed by atoms with Crippen molar-refractivity contribution in [1.29, 1.82) is 0 Å². The molecule has 3 rings (SSSR count). The van der Waals surface area contributed by atoms with Gasteiger partial charge in [-0.3, -0.25) is 14.4 Å². The highest BCUT2D eigenvalue weighted by Gasteiger charge is 2.36. The summed E-state index contributed by atoms with van der Waals surface area (Å²) in [5, 5.41) is 2.87. The first-order chi connectivity index (χ1) is 14.2. The number of benzene rings is 2. The maximum Gasteiger partial charge on any atom is 0.243 e. The fourth-order valence-corrected chi connectivity index (χ4v) is 3.67. The van der Waals surface area contributed by atoms with E-state index in [9.17, 15) is 14.4 Å². The van der Waals surface area contributed by atoms with E-state index >= 15 is 0 Å². The monoisotopic (exact) mass is 407 g/mol. The maximum atomic E-state index is 12.8. The van der Waals surface area contributed by atoms with E-state index in [4.69, 9.17) is 0 Å². The number of rotatable bonds is 6. The number of hydrogen-bond acceptors (Lipinski definition) is 3. The lowest BCUT2D eigenvalue weighted by atomic mass is 10.1. The van der Waals surface area contributed by atoms with Crippen LogP contribution >= 0.6 is 0 Å². The topological polar surface area (TPSA) is 69.7 Å². The van der Waals surface area contributed by atoms with Gasteiger partial charge in [0.15, 0.2) is 0 Å². The van der Waals surface area contributed by atoms with Crippen LogP contribution in [0.3, 0.4) is 0 Å². The molecule has 0 spiro atoms. The van der Waals surface area contributed by atoms with Gasteiger partial charge in [0.05, 0.1) is 12.5 Å². The number of carbonyl (C=O) groups is 3. The number of nitrogens with one attached hydrogen (secondary N) is 1. The largest absolute Gasteiger partial charge is 0.338 e. The molecule has 0 radical (unpaired) electrons. The summed E-state index contributed by atoms with van der Waals surface area (Å²) < 4.78 is 0. The number of hydrogen-bond donors (Lipinski definition) is 1. The quantitative estimate of drug-likeness (QED) is 0.800. The molecule has 30 heavy (non-hydrogen) atoms. The maximum absolute atomic E-state index is 12.8. The molecule has 1 N–H and O–H groups in total. The first-order valence-corrected chi connectivity index (χ1v) is 10.2. The smallest absolute Gasteiger partial charge is 0.243 e. The molecule has 1 fully saturated rings. The van der Waals surface area contributed by atoms with Crippen LogP contribution < -0.4 is 5.32 Å². The third-order valence-electron chi connectivity index (χ3n) is 5.48. The van der Waals surface area contributed by atoms with Crippen LogP contribution in [0.1, 0.15) is 28.7 Å². The summed E-state index contributed by atoms with van der Waals surface area (Å²) in [7, 11) is 1.61. The molecule has 2 aromatic carbocycles. The van der Waals surface area contributed by atoms with E-state index in [0.717, 1.165) is 22.4 Å². The van der Waals surface area contributed by atoms with Gasteiger partial charge >= 0.3 is 0 Å². The molecule has 2 aromatic rings. The van der Waals surface area contributed by atoms with Crippen molar-refractivity contribution >= 4 is 23.4 Å². The Bertz CT molecular complexity index is 953. The average molecular weight is 408 g/mol. The zero-order chi connectivity index (χ0) is 21.8. The molecular weight excluding hydrogens is 378 g/mol. The van der Waals surface area contributed by atoms with Crippen LogP contribution in [0.5, 0.6) is 0 Å². The van der Waals surface area contributed by atoms with Crippen LogP contribution in [0.25, 0.3) is 0 Å². The minimum absolute atomic E-state index is 0.0258. The summed E-state index contributed by atoms with van der Waals surface area (Å²) in [5.74, 6) is -0.866. The summed E-state index contributed by atoms with van der Waals surface area (Å²) in [6.45, 7) is 6.75. The second-order valence-corrected chi connectivity index (χ2v) is 8.22. The summed E-state index contributed by atoms with van der Waals surface area (Å²) in [4.78, 5) is 40.8. The van der Waals surface area contributed by atoms with E-state index in [0.29, 0.717) is 13.1 Å². The van der Waals surface area contributed by atoms with Crippen molar-refractivity contribution in [2.75, 3.05) is 25.5 Å². The van der Waals surface area contributed by atoms with Crippen molar-refractivity contribution in [1.82, 2.24) is 9.80 Å². The van der Waals surface area contributed by atoms with Crippen LogP contribution in [0.15, 0.2) is 42.5 Å². The molecule has 6 heteroatoms. The first-order valence-electron chi connectivity index (χ1n) is 10.2. The van der Waals surface area contributed by atoms with Crippen molar-refractivity contribution in [2.45, 2.75) is 33.7 Å². The summed E-state index contributed by atoms with van der Waals surface area (Å²) in [6, 6.07) is 13.9. The average Bonchev–Trinajstić information content (AvgIpc) is 3.06. The lowest BCUT2D eigenvalue weighted by Gasteiger charge is -2.21. The van der Waals surface area contributed by atoms with Crippen molar-refractivity contribution in [2.24, 2.45) is 5.92 Å². The highest BCUT2D eigenvalue weighted by molar-refractivity contribution is 5.96. The molecule has 1 saturated heterocycles. The molecule has 1 heterocycles. The Hall–Kier alpha value is -3.15. The summed E-state index contributed by atoms with van der Waals surface area (Å²) >= 11 is 0. The number of carbonyl (C=O) groups excluding carboxylic acids is 3. The Labute approximate surface area is 177 Å². The number of aryl methyl sites for hydroxylation is 3. The van der Waals surface area contributed by atoms with Gasteiger partial charge in [-0.1, -0.05) is 42.0 Å². The van der Waals surface area contributed by atoms with Crippen LogP contribution in [-0.2, 0) is 20.9 Å². The minimum Gasteiger partial charge on any atom is -0.338 e. The van der Waals surface area contributed by atoms with Crippen molar-refractivity contribution in [3.05, 3.63) is 64.7 Å². The number of likely N-dealkylation sites (N-methyl/N-ethyl adjacent to an activating group) is 1. The van der Waals surface area contributed by atoms with E-state index in [1.807, 2.05) is 63.2 Å². The number of amides is 3. The Morgan fingerprint density at radius 2 is 1.73 bits per heavy atom. The van der Waals surface area contributed by atoms with Gasteiger partial charge in [0.25, 0.3) is 0 Å². The molecule has 6 nitrogen and oxygen atoms in total. The van der Waals surface area contributed by atoms with E-state index in [2.05, 4.69) is 5.32 Å². The fraction of sp³-hybridized carbons (Fsp3) is 0.375. The van der Waals surface area contributed by atoms with E-state index in [1.165, 1.54) is 10.5 Å². The lowest BCUT2D eigenvalue weighted by Crippen LogP contribution is -2.39. The molecular formula is C24H29N3O3. The third kappa shape index (κ3) is 5.26. The zero-order valence-corrected chi connectivity index (χ0v) is 18.1.